The molecule has 0 atom stereocenters. The average Bonchev–Trinajstić information content (AvgIpc) is 3.11. The molecule has 0 radical (unpaired) electrons. The van der Waals surface area contributed by atoms with Gasteiger partial charge in [-0.25, -0.2) is 4.98 Å². The third kappa shape index (κ3) is 6.27. The van der Waals surface area contributed by atoms with E-state index in [0.717, 1.165) is 18.2 Å². The third-order valence-electron chi connectivity index (χ3n) is 6.79. The predicted molar refractivity (Wildman–Crippen MR) is 134 cm³/mol. The Morgan fingerprint density at radius 2 is 1.68 bits per heavy atom. The summed E-state index contributed by atoms with van der Waals surface area (Å²) in [4.78, 5) is 28.9. The van der Waals surface area contributed by atoms with Gasteiger partial charge in [0.05, 0.1) is 29.1 Å². The maximum absolute atomic E-state index is 13.5. The van der Waals surface area contributed by atoms with Crippen molar-refractivity contribution in [1.82, 2.24) is 25.2 Å². The average molecular weight is 566 g/mol. The van der Waals surface area contributed by atoms with E-state index < -0.39 is 23.5 Å². The number of carbonyl (C=O) groups excluding carboxylic acids is 1. The van der Waals surface area contributed by atoms with E-state index in [4.69, 9.17) is 4.98 Å². The quantitative estimate of drug-likeness (QED) is 0.449. The number of halogens is 6. The van der Waals surface area contributed by atoms with Crippen molar-refractivity contribution < 1.29 is 31.1 Å². The molecule has 2 aliphatic heterocycles. The van der Waals surface area contributed by atoms with Crippen LogP contribution in [0.15, 0.2) is 42.6 Å². The normalized spacial score (nSPS) is 16.8. The van der Waals surface area contributed by atoms with Gasteiger partial charge in [-0.3, -0.25) is 14.7 Å². The Morgan fingerprint density at radius 1 is 0.925 bits per heavy atom. The van der Waals surface area contributed by atoms with Gasteiger partial charge in [0.1, 0.15) is 5.82 Å². The highest BCUT2D eigenvalue weighted by Gasteiger charge is 2.35. The van der Waals surface area contributed by atoms with Gasteiger partial charge in [0, 0.05) is 56.6 Å². The second-order valence-corrected chi connectivity index (χ2v) is 9.54. The van der Waals surface area contributed by atoms with Crippen molar-refractivity contribution in [3.8, 4) is 0 Å². The molecule has 2 N–H and O–H groups in total. The number of piperazine rings is 1. The van der Waals surface area contributed by atoms with Crippen LogP contribution in [-0.2, 0) is 36.5 Å². The maximum atomic E-state index is 13.5. The Labute approximate surface area is 225 Å². The molecule has 1 amide bonds. The standard InChI is InChI=1S/C26H25F6N7O/c27-25(28,29)16-3-5-17(6-4-16)35-23-18-7-11-38(14-21-19(26(30,31)32)2-1-9-33-21)12-8-20(18)36-24(37-23)39-13-10-34-22(40)15-39/h1-6,9H,7-8,10-15H2,(H,34,40)(H,35,36,37). The monoisotopic (exact) mass is 565 g/mol. The first kappa shape index (κ1) is 27.6. The predicted octanol–water partition coefficient (Wildman–Crippen LogP) is 4.19. The van der Waals surface area contributed by atoms with Gasteiger partial charge < -0.3 is 15.5 Å². The molecule has 1 fully saturated rings. The lowest BCUT2D eigenvalue weighted by molar-refractivity contribution is -0.139. The summed E-state index contributed by atoms with van der Waals surface area (Å²) < 4.78 is 79.7. The van der Waals surface area contributed by atoms with Crippen molar-refractivity contribution in [2.75, 3.05) is 42.9 Å². The van der Waals surface area contributed by atoms with Gasteiger partial charge in [-0.15, -0.1) is 0 Å². The molecule has 5 rings (SSSR count). The Kier molecular flexibility index (Phi) is 7.53. The van der Waals surface area contributed by atoms with Gasteiger partial charge >= 0.3 is 12.4 Å². The van der Waals surface area contributed by atoms with E-state index in [9.17, 15) is 31.1 Å². The molecule has 3 aromatic rings. The highest BCUT2D eigenvalue weighted by molar-refractivity contribution is 5.82. The highest BCUT2D eigenvalue weighted by atomic mass is 19.4. The number of alkyl halides is 6. The van der Waals surface area contributed by atoms with E-state index in [0.29, 0.717) is 67.7 Å². The molecule has 14 heteroatoms. The molecule has 0 bridgehead atoms. The van der Waals surface area contributed by atoms with Crippen LogP contribution in [0.1, 0.15) is 28.1 Å². The lowest BCUT2D eigenvalue weighted by Crippen LogP contribution is -2.48. The molecule has 2 aromatic heterocycles. The van der Waals surface area contributed by atoms with E-state index >= 15 is 0 Å². The van der Waals surface area contributed by atoms with Crippen molar-refractivity contribution >= 4 is 23.4 Å². The Hall–Kier alpha value is -3.94. The first-order valence-electron chi connectivity index (χ1n) is 12.6. The second kappa shape index (κ2) is 10.9. The lowest BCUT2D eigenvalue weighted by atomic mass is 10.1. The number of hydrogen-bond donors (Lipinski definition) is 2. The minimum atomic E-state index is -4.53. The fourth-order valence-electron chi connectivity index (χ4n) is 4.76. The molecule has 1 aromatic carbocycles. The summed E-state index contributed by atoms with van der Waals surface area (Å²) in [5.41, 5.74) is 0.0975. The summed E-state index contributed by atoms with van der Waals surface area (Å²) >= 11 is 0. The summed E-state index contributed by atoms with van der Waals surface area (Å²) in [6.07, 6.45) is -6.91. The van der Waals surface area contributed by atoms with E-state index in [1.807, 2.05) is 4.90 Å². The summed E-state index contributed by atoms with van der Waals surface area (Å²) in [5, 5.41) is 5.83. The number of hydrogen-bond acceptors (Lipinski definition) is 7. The van der Waals surface area contributed by atoms with Crippen molar-refractivity contribution in [3.05, 3.63) is 70.7 Å². The second-order valence-electron chi connectivity index (χ2n) is 9.54. The maximum Gasteiger partial charge on any atom is 0.418 e. The molecule has 212 valence electrons. The first-order chi connectivity index (χ1) is 19.0. The molecule has 0 spiro atoms. The molecule has 8 nitrogen and oxygen atoms in total. The number of amides is 1. The van der Waals surface area contributed by atoms with Crippen LogP contribution in [0.4, 0.5) is 43.8 Å². The number of nitrogens with one attached hydrogen (secondary N) is 2. The van der Waals surface area contributed by atoms with Crippen molar-refractivity contribution in [2.45, 2.75) is 31.7 Å². The van der Waals surface area contributed by atoms with Crippen LogP contribution in [0.5, 0.6) is 0 Å². The highest BCUT2D eigenvalue weighted by Crippen LogP contribution is 2.33. The van der Waals surface area contributed by atoms with Crippen molar-refractivity contribution in [1.29, 1.82) is 0 Å². The molecule has 1 saturated heterocycles. The zero-order valence-corrected chi connectivity index (χ0v) is 21.1. The molecule has 40 heavy (non-hydrogen) atoms. The molecular weight excluding hydrogens is 540 g/mol. The van der Waals surface area contributed by atoms with Gasteiger partial charge in [0.2, 0.25) is 11.9 Å². The topological polar surface area (TPSA) is 86.3 Å². The molecular formula is C26H25F6N7O. The number of anilines is 3. The van der Waals surface area contributed by atoms with Gasteiger partial charge in [0.15, 0.2) is 0 Å². The Morgan fingerprint density at radius 3 is 2.38 bits per heavy atom. The van der Waals surface area contributed by atoms with Gasteiger partial charge in [-0.2, -0.15) is 31.3 Å². The summed E-state index contributed by atoms with van der Waals surface area (Å²) in [7, 11) is 0. The van der Waals surface area contributed by atoms with Gasteiger partial charge in [-0.1, -0.05) is 0 Å². The zero-order valence-electron chi connectivity index (χ0n) is 21.1. The number of rotatable bonds is 5. The SMILES string of the molecule is O=C1CN(c2nc3c(c(Nc4ccc(C(F)(F)F)cc4)n2)CCN(Cc2ncccc2C(F)(F)F)CC3)CCN1. The van der Waals surface area contributed by atoms with Crippen LogP contribution in [0, 0.1) is 0 Å². The number of fused-ring (bicyclic) bond motifs is 1. The number of pyridine rings is 1. The molecule has 4 heterocycles. The number of aromatic nitrogens is 3. The van der Waals surface area contributed by atoms with Crippen LogP contribution < -0.4 is 15.5 Å². The molecule has 0 unspecified atom stereocenters. The molecule has 0 aliphatic carbocycles. The first-order valence-corrected chi connectivity index (χ1v) is 12.6. The van der Waals surface area contributed by atoms with Crippen LogP contribution in [0.3, 0.4) is 0 Å². The third-order valence-corrected chi connectivity index (χ3v) is 6.79. The number of benzene rings is 1. The van der Waals surface area contributed by atoms with Crippen LogP contribution >= 0.6 is 0 Å². The lowest BCUT2D eigenvalue weighted by Gasteiger charge is -2.28. The zero-order chi connectivity index (χ0) is 28.5. The van der Waals surface area contributed by atoms with E-state index in [-0.39, 0.29) is 24.7 Å². The summed E-state index contributed by atoms with van der Waals surface area (Å²) in [5.74, 6) is 0.478. The van der Waals surface area contributed by atoms with Crippen molar-refractivity contribution in [2.24, 2.45) is 0 Å². The number of nitrogens with zero attached hydrogens (tertiary/aromatic N) is 5. The van der Waals surface area contributed by atoms with E-state index in [1.165, 1.54) is 24.4 Å². The van der Waals surface area contributed by atoms with Gasteiger partial charge in [-0.05, 0) is 42.8 Å². The fraction of sp³-hybridized carbons (Fsp3) is 0.385. The number of carbonyl (C=O) groups is 1. The summed E-state index contributed by atoms with van der Waals surface area (Å²) in [6, 6.07) is 6.78. The molecule has 0 saturated carbocycles. The molecule has 2 aliphatic rings. The van der Waals surface area contributed by atoms with Crippen LogP contribution in [-0.4, -0.2) is 58.5 Å². The van der Waals surface area contributed by atoms with E-state index in [1.54, 1.807) is 4.90 Å². The van der Waals surface area contributed by atoms with E-state index in [2.05, 4.69) is 20.6 Å². The van der Waals surface area contributed by atoms with Crippen LogP contribution in [0.2, 0.25) is 0 Å². The van der Waals surface area contributed by atoms with Gasteiger partial charge in [0.25, 0.3) is 0 Å². The van der Waals surface area contributed by atoms with Crippen molar-refractivity contribution in [3.63, 3.8) is 0 Å². The summed E-state index contributed by atoms with van der Waals surface area (Å²) in [6.45, 7) is 1.69. The fourth-order valence-corrected chi connectivity index (χ4v) is 4.76. The largest absolute Gasteiger partial charge is 0.418 e. The van der Waals surface area contributed by atoms with Crippen LogP contribution in [0.25, 0.3) is 0 Å². The Balaban J connectivity index is 1.43. The smallest absolute Gasteiger partial charge is 0.353 e. The Bertz CT molecular complexity index is 1380. The minimum absolute atomic E-state index is 0.0160. The minimum Gasteiger partial charge on any atom is -0.353 e.